The highest BCUT2D eigenvalue weighted by molar-refractivity contribution is 5.80. The van der Waals surface area contributed by atoms with Gasteiger partial charge >= 0.3 is 6.18 Å². The van der Waals surface area contributed by atoms with Gasteiger partial charge in [0, 0.05) is 25.8 Å². The summed E-state index contributed by atoms with van der Waals surface area (Å²) in [7, 11) is 1.50. The number of nitrogens with zero attached hydrogens (tertiary/aromatic N) is 1. The highest BCUT2D eigenvalue weighted by atomic mass is 19.4. The first-order valence-electron chi connectivity index (χ1n) is 7.46. The normalized spacial score (nSPS) is 22.9. The number of halogens is 3. The second-order valence-electron chi connectivity index (χ2n) is 5.65. The number of alkyl halides is 3. The van der Waals surface area contributed by atoms with Gasteiger partial charge in [-0.2, -0.15) is 13.2 Å². The number of likely N-dealkylation sites (tertiary alicyclic amines) is 1. The molecule has 1 aromatic carbocycles. The second-order valence-corrected chi connectivity index (χ2v) is 5.65. The van der Waals surface area contributed by atoms with Crippen LogP contribution in [0.3, 0.4) is 0 Å². The van der Waals surface area contributed by atoms with E-state index >= 15 is 0 Å². The highest BCUT2D eigenvalue weighted by Crippen LogP contribution is 2.31. The quantitative estimate of drug-likeness (QED) is 0.712. The Morgan fingerprint density at radius 1 is 1.46 bits per heavy atom. The van der Waals surface area contributed by atoms with Crippen molar-refractivity contribution < 1.29 is 23.1 Å². The number of amides is 1. The molecule has 0 aliphatic carbocycles. The molecule has 3 N–H and O–H groups in total. The third-order valence-corrected chi connectivity index (χ3v) is 4.06. The van der Waals surface area contributed by atoms with E-state index in [0.29, 0.717) is 6.54 Å². The van der Waals surface area contributed by atoms with Crippen LogP contribution in [-0.2, 0) is 11.0 Å². The molecule has 1 saturated heterocycles. The Kier molecular flexibility index (Phi) is 5.51. The van der Waals surface area contributed by atoms with Gasteiger partial charge in [-0.15, -0.1) is 0 Å². The summed E-state index contributed by atoms with van der Waals surface area (Å²) >= 11 is 0. The molecule has 1 heterocycles. The largest absolute Gasteiger partial charge is 0.416 e. The number of hydrogen-bond donors (Lipinski definition) is 3. The van der Waals surface area contributed by atoms with E-state index in [0.717, 1.165) is 12.1 Å². The Morgan fingerprint density at radius 2 is 2.17 bits per heavy atom. The molecule has 0 bridgehead atoms. The highest BCUT2D eigenvalue weighted by Gasteiger charge is 2.39. The molecule has 24 heavy (non-hydrogen) atoms. The molecular formula is C16H20F3N3O2. The number of carbonyl (C=O) groups is 1. The topological polar surface area (TPSA) is 64.6 Å². The van der Waals surface area contributed by atoms with Crippen LogP contribution in [0.15, 0.2) is 36.9 Å². The third kappa shape index (κ3) is 4.07. The zero-order valence-corrected chi connectivity index (χ0v) is 13.2. The molecule has 1 unspecified atom stereocenters. The van der Waals surface area contributed by atoms with Crippen LogP contribution >= 0.6 is 0 Å². The van der Waals surface area contributed by atoms with Crippen molar-refractivity contribution in [3.8, 4) is 0 Å². The molecule has 1 aliphatic heterocycles. The van der Waals surface area contributed by atoms with Crippen molar-refractivity contribution in [2.75, 3.05) is 25.5 Å². The molecule has 5 nitrogen and oxygen atoms in total. The predicted octanol–water partition coefficient (Wildman–Crippen LogP) is 1.67. The van der Waals surface area contributed by atoms with Gasteiger partial charge in [-0.1, -0.05) is 12.6 Å². The Hall–Kier alpha value is -2.06. The second kappa shape index (κ2) is 7.23. The maximum atomic E-state index is 12.8. The molecule has 1 aliphatic rings. The van der Waals surface area contributed by atoms with Gasteiger partial charge in [-0.25, -0.2) is 0 Å². The van der Waals surface area contributed by atoms with Crippen LogP contribution in [0, 0.1) is 5.92 Å². The van der Waals surface area contributed by atoms with Crippen LogP contribution in [0.5, 0.6) is 0 Å². The average molecular weight is 343 g/mol. The molecule has 8 heteroatoms. The number of nitrogens with one attached hydrogen (secondary N) is 2. The maximum absolute atomic E-state index is 12.8. The molecule has 2 rings (SSSR count). The fraction of sp³-hybridized carbons (Fsp3) is 0.438. The molecule has 132 valence electrons. The number of rotatable bonds is 5. The molecule has 3 atom stereocenters. The number of benzene rings is 1. The van der Waals surface area contributed by atoms with Crippen molar-refractivity contribution >= 4 is 11.6 Å². The summed E-state index contributed by atoms with van der Waals surface area (Å²) in [5.41, 5.74) is -0.483. The predicted molar refractivity (Wildman–Crippen MR) is 84.2 cm³/mol. The minimum absolute atomic E-state index is 0.238. The van der Waals surface area contributed by atoms with Gasteiger partial charge in [0.1, 0.15) is 6.23 Å². The van der Waals surface area contributed by atoms with Crippen molar-refractivity contribution in [1.82, 2.24) is 10.2 Å². The van der Waals surface area contributed by atoms with E-state index < -0.39 is 29.9 Å². The van der Waals surface area contributed by atoms with Gasteiger partial charge in [-0.05, 0) is 24.3 Å². The van der Waals surface area contributed by atoms with Gasteiger partial charge in [0.2, 0.25) is 5.91 Å². The minimum atomic E-state index is -4.43. The SMILES string of the molecule is C=CC(O)N1C[C@@H](Nc2cccc(C(F)(F)F)c2)[C@H](C(=O)NC)C1. The van der Waals surface area contributed by atoms with Crippen LogP contribution in [0.1, 0.15) is 5.56 Å². The van der Waals surface area contributed by atoms with Gasteiger partial charge in [0.05, 0.1) is 17.5 Å². The van der Waals surface area contributed by atoms with Gasteiger partial charge < -0.3 is 15.7 Å². The van der Waals surface area contributed by atoms with E-state index in [-0.39, 0.29) is 18.1 Å². The fourth-order valence-corrected chi connectivity index (χ4v) is 2.80. The van der Waals surface area contributed by atoms with Crippen LogP contribution < -0.4 is 10.6 Å². The first kappa shape index (κ1) is 18.3. The monoisotopic (exact) mass is 343 g/mol. The minimum Gasteiger partial charge on any atom is -0.380 e. The maximum Gasteiger partial charge on any atom is 0.416 e. The summed E-state index contributed by atoms with van der Waals surface area (Å²) in [6.45, 7) is 4.09. The summed E-state index contributed by atoms with van der Waals surface area (Å²) in [4.78, 5) is 13.7. The lowest BCUT2D eigenvalue weighted by Crippen LogP contribution is -2.38. The summed E-state index contributed by atoms with van der Waals surface area (Å²) in [6.07, 6.45) is -4.00. The van der Waals surface area contributed by atoms with Crippen molar-refractivity contribution in [2.45, 2.75) is 18.4 Å². The van der Waals surface area contributed by atoms with Gasteiger partial charge in [0.15, 0.2) is 0 Å². The number of carbonyl (C=O) groups excluding carboxylic acids is 1. The number of aliphatic hydroxyl groups is 1. The van der Waals surface area contributed by atoms with Crippen LogP contribution in [-0.4, -0.2) is 48.3 Å². The van der Waals surface area contributed by atoms with Gasteiger partial charge in [-0.3, -0.25) is 9.69 Å². The van der Waals surface area contributed by atoms with Gasteiger partial charge in [0.25, 0.3) is 0 Å². The van der Waals surface area contributed by atoms with E-state index in [1.165, 1.54) is 25.3 Å². The van der Waals surface area contributed by atoms with Crippen LogP contribution in [0.4, 0.5) is 18.9 Å². The van der Waals surface area contributed by atoms with Crippen molar-refractivity contribution in [3.05, 3.63) is 42.5 Å². The Morgan fingerprint density at radius 3 is 2.75 bits per heavy atom. The molecule has 0 saturated carbocycles. The first-order chi connectivity index (χ1) is 11.3. The molecule has 1 aromatic rings. The third-order valence-electron chi connectivity index (χ3n) is 4.06. The molecule has 0 spiro atoms. The smallest absolute Gasteiger partial charge is 0.380 e. The fourth-order valence-electron chi connectivity index (χ4n) is 2.80. The average Bonchev–Trinajstić information content (AvgIpc) is 2.96. The summed E-state index contributed by atoms with van der Waals surface area (Å²) in [5.74, 6) is -0.739. The van der Waals surface area contributed by atoms with Crippen LogP contribution in [0.2, 0.25) is 0 Å². The molecule has 0 aromatic heterocycles. The molecular weight excluding hydrogens is 323 g/mol. The van der Waals surface area contributed by atoms with E-state index in [4.69, 9.17) is 0 Å². The molecule has 1 amide bonds. The summed E-state index contributed by atoms with van der Waals surface area (Å²) < 4.78 is 38.4. The zero-order chi connectivity index (χ0) is 17.9. The Labute approximate surface area is 138 Å². The molecule has 0 radical (unpaired) electrons. The van der Waals surface area contributed by atoms with Crippen molar-refractivity contribution in [1.29, 1.82) is 0 Å². The molecule has 1 fully saturated rings. The summed E-state index contributed by atoms with van der Waals surface area (Å²) in [5, 5.41) is 15.4. The van der Waals surface area contributed by atoms with E-state index in [1.807, 2.05) is 0 Å². The zero-order valence-electron chi connectivity index (χ0n) is 13.2. The van der Waals surface area contributed by atoms with E-state index in [9.17, 15) is 23.1 Å². The van der Waals surface area contributed by atoms with Crippen LogP contribution in [0.25, 0.3) is 0 Å². The lowest BCUT2D eigenvalue weighted by molar-refractivity contribution is -0.137. The lowest BCUT2D eigenvalue weighted by Gasteiger charge is -2.21. The standard InChI is InChI=1S/C16H20F3N3O2/c1-3-14(23)22-8-12(15(24)20-2)13(9-22)21-11-6-4-5-10(7-11)16(17,18)19/h3-7,12-14,21,23H,1,8-9H2,2H3,(H,20,24)/t12-,13-,14?/m1/s1. The number of hydrogen-bond acceptors (Lipinski definition) is 4. The Balaban J connectivity index is 2.19. The van der Waals surface area contributed by atoms with E-state index in [2.05, 4.69) is 17.2 Å². The van der Waals surface area contributed by atoms with Crippen molar-refractivity contribution in [3.63, 3.8) is 0 Å². The summed E-state index contributed by atoms with van der Waals surface area (Å²) in [6, 6.07) is 4.40. The number of anilines is 1. The Bertz CT molecular complexity index is 606. The first-order valence-corrected chi connectivity index (χ1v) is 7.46. The lowest BCUT2D eigenvalue weighted by atomic mass is 10.0. The van der Waals surface area contributed by atoms with E-state index in [1.54, 1.807) is 4.90 Å². The van der Waals surface area contributed by atoms with Crippen molar-refractivity contribution in [2.24, 2.45) is 5.92 Å². The number of aliphatic hydroxyl groups excluding tert-OH is 1.